The molecule has 0 saturated heterocycles. The Hall–Kier alpha value is -3.73. The first-order chi connectivity index (χ1) is 18.1. The minimum absolute atomic E-state index is 0.158. The number of carbonyl (C=O) groups is 3. The Bertz CT molecular complexity index is 942. The van der Waals surface area contributed by atoms with Crippen LogP contribution in [0.4, 0.5) is 0 Å². The fraction of sp³-hybridized carbons (Fsp3) is 0.250. The van der Waals surface area contributed by atoms with E-state index in [2.05, 4.69) is 6.92 Å². The molecule has 0 aromatic heterocycles. The zero-order chi connectivity index (χ0) is 28.9. The standard InChI is InChI=1S/3C8H8O3.C4H9.Sn/c3*1-11-7-4-2-6(3-5-7)8(9)10;1-3-4-2;/h3*2-5H,1H3,(H,9,10);1,3-4H2,2H3;/q;;;;+3/p-3. The molecule has 0 aliphatic carbocycles. The molecule has 0 N–H and O–H groups in total. The number of ether oxygens (including phenoxy) is 3. The molecule has 0 spiro atoms. The van der Waals surface area contributed by atoms with Crippen LogP contribution in [0, 0.1) is 0 Å². The van der Waals surface area contributed by atoms with E-state index >= 15 is 0 Å². The Balaban J connectivity index is 0.000000497. The number of hydrogen-bond donors (Lipinski definition) is 0. The van der Waals surface area contributed by atoms with Crippen molar-refractivity contribution in [2.24, 2.45) is 0 Å². The maximum atomic E-state index is 10.2. The molecule has 200 valence electrons. The number of benzene rings is 3. The van der Waals surface area contributed by atoms with Crippen LogP contribution in [0.3, 0.4) is 0 Å². The Morgan fingerprint density at radius 3 is 0.921 bits per heavy atom. The molecule has 0 saturated carbocycles. The summed E-state index contributed by atoms with van der Waals surface area (Å²) in [5.74, 6) is -1.62. The maximum Gasteiger partial charge on any atom is 0.118 e. The number of carbonyl (C=O) groups excluding carboxylic acids is 3. The molecule has 38 heavy (non-hydrogen) atoms. The Kier molecular flexibility index (Phi) is 18.3. The molecule has 0 aliphatic heterocycles. The van der Waals surface area contributed by atoms with Crippen LogP contribution in [0.5, 0.6) is 17.2 Å². The van der Waals surface area contributed by atoms with Gasteiger partial charge in [0.25, 0.3) is 0 Å². The largest absolute Gasteiger partial charge is 0.545 e. The van der Waals surface area contributed by atoms with Gasteiger partial charge in [-0.1, -0.05) is 0 Å². The summed E-state index contributed by atoms with van der Waals surface area (Å²) < 4.78 is 15.9. The summed E-state index contributed by atoms with van der Waals surface area (Å²) in [6.07, 6.45) is 2.80. The Morgan fingerprint density at radius 2 is 0.816 bits per heavy atom. The van der Waals surface area contributed by atoms with Gasteiger partial charge in [-0.25, -0.2) is 0 Å². The molecule has 9 nitrogen and oxygen atoms in total. The van der Waals surface area contributed by atoms with Crippen molar-refractivity contribution in [3.05, 3.63) is 89.5 Å². The van der Waals surface area contributed by atoms with E-state index in [-0.39, 0.29) is 16.7 Å². The normalized spacial score (nSPS) is 9.11. The SMILES string of the molecule is CCC[CH2][Sn+3].COc1ccc(C(=O)[O-])cc1.COc1ccc(C(=O)[O-])cc1.COc1ccc(C(=O)[O-])cc1. The molecule has 0 aliphatic rings. The van der Waals surface area contributed by atoms with Gasteiger partial charge < -0.3 is 43.9 Å². The summed E-state index contributed by atoms with van der Waals surface area (Å²) in [5, 5.41) is 30.7. The first kappa shape index (κ1) is 34.3. The van der Waals surface area contributed by atoms with Crippen molar-refractivity contribution in [1.29, 1.82) is 0 Å². The van der Waals surface area contributed by atoms with E-state index in [1.807, 2.05) is 0 Å². The second-order valence-corrected chi connectivity index (χ2v) is 8.58. The number of hydrogen-bond acceptors (Lipinski definition) is 9. The van der Waals surface area contributed by atoms with Gasteiger partial charge in [0.05, 0.1) is 39.2 Å². The van der Waals surface area contributed by atoms with Gasteiger partial charge in [-0.3, -0.25) is 0 Å². The van der Waals surface area contributed by atoms with Crippen molar-refractivity contribution >= 4 is 40.4 Å². The van der Waals surface area contributed by atoms with Crippen molar-refractivity contribution in [2.45, 2.75) is 24.2 Å². The molecule has 0 atom stereocenters. The molecular weight excluding hydrogens is 599 g/mol. The van der Waals surface area contributed by atoms with E-state index in [0.29, 0.717) is 17.2 Å². The number of aromatic carboxylic acids is 3. The zero-order valence-corrected chi connectivity index (χ0v) is 24.6. The topological polar surface area (TPSA) is 148 Å². The van der Waals surface area contributed by atoms with Crippen LogP contribution >= 0.6 is 0 Å². The number of carboxylic acid groups (broad SMARTS) is 3. The van der Waals surface area contributed by atoms with E-state index in [1.165, 1.54) is 75.0 Å². The molecule has 0 heterocycles. The van der Waals surface area contributed by atoms with Crippen LogP contribution in [-0.4, -0.2) is 61.8 Å². The van der Waals surface area contributed by atoms with Crippen molar-refractivity contribution < 1.29 is 43.9 Å². The molecule has 0 amide bonds. The Morgan fingerprint density at radius 1 is 0.579 bits per heavy atom. The van der Waals surface area contributed by atoms with Crippen LogP contribution in [0.25, 0.3) is 0 Å². The van der Waals surface area contributed by atoms with Gasteiger partial charge >= 0.3 is 46.7 Å². The van der Waals surface area contributed by atoms with Crippen LogP contribution in [0.2, 0.25) is 4.44 Å². The minimum atomic E-state index is -1.17. The summed E-state index contributed by atoms with van der Waals surface area (Å²) in [7, 11) is 4.57. The van der Waals surface area contributed by atoms with Gasteiger partial charge in [-0.2, -0.15) is 0 Å². The maximum absolute atomic E-state index is 10.2. The first-order valence-electron chi connectivity index (χ1n) is 11.3. The predicted octanol–water partition coefficient (Wildman–Crippen LogP) is 1.55. The third-order valence-electron chi connectivity index (χ3n) is 4.51. The van der Waals surface area contributed by atoms with E-state index in [0.717, 1.165) is 0 Å². The van der Waals surface area contributed by atoms with Gasteiger partial charge in [-0.15, -0.1) is 0 Å². The smallest absolute Gasteiger partial charge is 0.118 e. The molecule has 0 bridgehead atoms. The number of carboxylic acids is 3. The summed E-state index contributed by atoms with van der Waals surface area (Å²) >= 11 is 1.68. The quantitative estimate of drug-likeness (QED) is 0.339. The molecule has 3 aromatic rings. The minimum Gasteiger partial charge on any atom is -0.545 e. The third-order valence-corrected chi connectivity index (χ3v) is 5.52. The van der Waals surface area contributed by atoms with Gasteiger partial charge in [0, 0.05) is 0 Å². The van der Waals surface area contributed by atoms with Crippen LogP contribution in [0.15, 0.2) is 72.8 Å². The van der Waals surface area contributed by atoms with Crippen LogP contribution in [0.1, 0.15) is 50.8 Å². The predicted molar refractivity (Wildman–Crippen MR) is 137 cm³/mol. The monoisotopic (exact) mass is 630 g/mol. The molecule has 0 fully saturated rings. The van der Waals surface area contributed by atoms with Gasteiger partial charge in [-0.05, 0) is 89.5 Å². The second kappa shape index (κ2) is 20.3. The summed E-state index contributed by atoms with van der Waals surface area (Å²) in [6.45, 7) is 2.23. The van der Waals surface area contributed by atoms with Crippen LogP contribution in [-0.2, 0) is 0 Å². The summed E-state index contributed by atoms with van der Waals surface area (Å²) in [5.41, 5.74) is 0.474. The van der Waals surface area contributed by atoms with Gasteiger partial charge in [0.2, 0.25) is 0 Å². The molecular formula is C28H30O9Sn. The Labute approximate surface area is 236 Å². The summed E-state index contributed by atoms with van der Waals surface area (Å²) in [6, 6.07) is 18.1. The molecule has 0 unspecified atom stereocenters. The van der Waals surface area contributed by atoms with Crippen molar-refractivity contribution in [3.8, 4) is 17.2 Å². The number of unbranched alkanes of at least 4 members (excludes halogenated alkanes) is 1. The zero-order valence-electron chi connectivity index (χ0n) is 21.7. The average molecular weight is 629 g/mol. The fourth-order valence-corrected chi connectivity index (χ4v) is 3.37. The van der Waals surface area contributed by atoms with E-state index < -0.39 is 17.9 Å². The van der Waals surface area contributed by atoms with E-state index in [9.17, 15) is 29.7 Å². The first-order valence-corrected chi connectivity index (χ1v) is 13.4. The van der Waals surface area contributed by atoms with Gasteiger partial charge in [0.15, 0.2) is 0 Å². The molecule has 3 aromatic carbocycles. The molecule has 0 radical (unpaired) electrons. The van der Waals surface area contributed by atoms with Gasteiger partial charge in [0.1, 0.15) is 17.2 Å². The van der Waals surface area contributed by atoms with Crippen molar-refractivity contribution in [1.82, 2.24) is 0 Å². The number of methoxy groups -OCH3 is 3. The molecule has 10 heteroatoms. The van der Waals surface area contributed by atoms with Crippen molar-refractivity contribution in [2.75, 3.05) is 21.3 Å². The van der Waals surface area contributed by atoms with Crippen molar-refractivity contribution in [3.63, 3.8) is 0 Å². The second-order valence-electron chi connectivity index (χ2n) is 7.15. The average Bonchev–Trinajstić information content (AvgIpc) is 2.94. The van der Waals surface area contributed by atoms with Crippen LogP contribution < -0.4 is 29.5 Å². The molecule has 3 rings (SSSR count). The fourth-order valence-electron chi connectivity index (χ4n) is 2.36. The van der Waals surface area contributed by atoms with E-state index in [4.69, 9.17) is 14.2 Å². The summed E-state index contributed by atoms with van der Waals surface area (Å²) in [4.78, 5) is 30.7. The number of rotatable bonds is 8. The third kappa shape index (κ3) is 14.7. The van der Waals surface area contributed by atoms with E-state index in [1.54, 1.807) is 58.9 Å².